The quantitative estimate of drug-likeness (QED) is 0.0166. The number of halogens is 2. The van der Waals surface area contributed by atoms with Crippen molar-refractivity contribution in [3.63, 3.8) is 0 Å². The summed E-state index contributed by atoms with van der Waals surface area (Å²) in [6.45, 7) is 11.6. The van der Waals surface area contributed by atoms with Gasteiger partial charge in [0.15, 0.2) is 11.5 Å². The first kappa shape index (κ1) is 77.0. The Morgan fingerprint density at radius 1 is 0.505 bits per heavy atom. The van der Waals surface area contributed by atoms with Gasteiger partial charge in [0.2, 0.25) is 5.69 Å². The lowest BCUT2D eigenvalue weighted by Crippen LogP contribution is -3.11. The number of hydrogen-bond donors (Lipinski definition) is 25. The molecule has 2 heterocycles. The van der Waals surface area contributed by atoms with Gasteiger partial charge in [-0.1, -0.05) is 144 Å². The van der Waals surface area contributed by atoms with Crippen LogP contribution in [0.25, 0.3) is 0 Å². The number of allylic oxidation sites excluding steroid dienone is 7. The Morgan fingerprint density at radius 3 is 1.41 bits per heavy atom. The standard InChI is InChI=1S/C65H111Cl2N28/c1-6-7-8-9-10-11-12-13-14-21-36-93-47-32-30-41(66)37-45(47)53(2,3)49(93)34-28-39-26-27-40(51(39)94(43-22-17-15-18-23-43)44-24-19-16-20-25-44)29-35-50-54(4,5)46-38-42(67)31-33-48(46)95(50)92-65(90,91)64(88,89)63(86,87)62(84,85)61(82,83)60(80,81)59(78,79)58(76,77)57(74,75)56(72,73)55(70,71)52(68)69/h15-20,22-25,28-35,37-38,52,92H,6-14,21,26-27,36,68-91H2,1-5H3/q+1. The molecule has 2 aliphatic heterocycles. The maximum Gasteiger partial charge on any atom is 0.209 e. The summed E-state index contributed by atoms with van der Waals surface area (Å²) in [7, 11) is 0. The van der Waals surface area contributed by atoms with Crippen LogP contribution in [0, 0.1) is 0 Å². The summed E-state index contributed by atoms with van der Waals surface area (Å²) < 4.78 is 2.48. The number of fused-ring (bicyclic) bond motifs is 2. The third-order valence-corrected chi connectivity index (χ3v) is 20.9. The number of anilines is 3. The molecule has 7 rings (SSSR count). The molecule has 524 valence electrons. The fourth-order valence-corrected chi connectivity index (χ4v) is 13.5. The van der Waals surface area contributed by atoms with Gasteiger partial charge in [0.1, 0.15) is 63.2 Å². The maximum absolute atomic E-state index is 7.08. The number of hydrogen-bond acceptors (Lipinski definition) is 27. The minimum absolute atomic E-state index is 0.383. The molecule has 4 aromatic carbocycles. The predicted molar refractivity (Wildman–Crippen MR) is 387 cm³/mol. The van der Waals surface area contributed by atoms with E-state index in [9.17, 15) is 0 Å². The van der Waals surface area contributed by atoms with E-state index in [4.69, 9.17) is 161 Å². The second-order valence-corrected chi connectivity index (χ2v) is 28.7. The summed E-state index contributed by atoms with van der Waals surface area (Å²) in [6, 6.07) is 31.8. The highest BCUT2D eigenvalue weighted by Gasteiger charge is 2.76. The molecule has 49 N–H and O–H groups in total. The average Bonchev–Trinajstić information content (AvgIpc) is 1.50. The van der Waals surface area contributed by atoms with Gasteiger partial charge in [-0.3, -0.25) is 16.5 Å². The molecule has 0 fully saturated rings. The molecule has 0 radical (unpaired) electrons. The van der Waals surface area contributed by atoms with Gasteiger partial charge >= 0.3 is 0 Å². The molecule has 0 saturated heterocycles. The summed E-state index contributed by atoms with van der Waals surface area (Å²) in [5.74, 6) is -2.74. The van der Waals surface area contributed by atoms with Gasteiger partial charge < -0.3 is 131 Å². The van der Waals surface area contributed by atoms with Crippen molar-refractivity contribution in [1.29, 1.82) is 0 Å². The Balaban J connectivity index is 1.32. The van der Waals surface area contributed by atoms with Crippen molar-refractivity contribution in [1.82, 2.24) is 5.43 Å². The third-order valence-electron chi connectivity index (χ3n) is 20.5. The van der Waals surface area contributed by atoms with Crippen LogP contribution in [0.15, 0.2) is 144 Å². The Bertz CT molecular complexity index is 3510. The fourth-order valence-electron chi connectivity index (χ4n) is 13.2. The van der Waals surface area contributed by atoms with Crippen molar-refractivity contribution < 1.29 is 4.58 Å². The molecule has 0 unspecified atom stereocenters. The minimum atomic E-state index is -3.29. The predicted octanol–water partition coefficient (Wildman–Crippen LogP) is -1.20. The van der Waals surface area contributed by atoms with E-state index in [1.807, 2.05) is 62.4 Å². The molecule has 95 heavy (non-hydrogen) atoms. The molecule has 0 spiro atoms. The first-order valence-corrected chi connectivity index (χ1v) is 32.8. The first-order valence-electron chi connectivity index (χ1n) is 32.1. The Kier molecular flexibility index (Phi) is 22.2. The van der Waals surface area contributed by atoms with Gasteiger partial charge in [-0.2, -0.15) is 10.0 Å². The highest BCUT2D eigenvalue weighted by Crippen LogP contribution is 2.50. The van der Waals surface area contributed by atoms with Gasteiger partial charge in [-0.15, -0.1) is 0 Å². The number of nitrogens with one attached hydrogen (secondary N) is 1. The SMILES string of the molecule is CCCCCCCCCCCC[N+]1=C(/C=C/C2=C(N(c3ccccc3)c3ccccc3)C(=C/C=C3/N(NC(N)(N)C(N)(N)C(N)(N)C(N)(N)C(N)(N)C(N)(N)C(N)(N)C(N)(N)C(N)(N)C(N)(N)C(N)(N)C(N)N)c4ccc(Cl)cc4C3(C)C)/CC2)C(C)(C)c2cc(Cl)ccc21. The molecule has 0 amide bonds. The fraction of sp³-hybridized carbons (Fsp3) is 0.492. The number of rotatable bonds is 30. The lowest BCUT2D eigenvalue weighted by atomic mass is 9.61. The number of nitrogens with two attached hydrogens (primary N) is 24. The summed E-state index contributed by atoms with van der Waals surface area (Å²) in [4.78, 5) is 2.28. The highest BCUT2D eigenvalue weighted by molar-refractivity contribution is 6.31. The zero-order valence-corrected chi connectivity index (χ0v) is 57.3. The smallest absolute Gasteiger partial charge is 0.209 e. The number of unbranched alkanes of at least 4 members (excludes halogenated alkanes) is 9. The number of para-hydroxylation sites is 2. The molecule has 0 saturated carbocycles. The Morgan fingerprint density at radius 2 is 0.937 bits per heavy atom. The van der Waals surface area contributed by atoms with Crippen molar-refractivity contribution in [3.05, 3.63) is 165 Å². The van der Waals surface area contributed by atoms with Gasteiger partial charge in [0.25, 0.3) is 0 Å². The van der Waals surface area contributed by atoms with Crippen LogP contribution < -0.4 is 153 Å². The summed E-state index contributed by atoms with van der Waals surface area (Å²) in [5, 5.41) is 2.69. The van der Waals surface area contributed by atoms with Crippen LogP contribution in [0.1, 0.15) is 123 Å². The van der Waals surface area contributed by atoms with Crippen molar-refractivity contribution in [2.75, 3.05) is 16.5 Å². The lowest BCUT2D eigenvalue weighted by Gasteiger charge is -2.66. The van der Waals surface area contributed by atoms with Gasteiger partial charge in [-0.25, -0.2) is 0 Å². The summed E-state index contributed by atoms with van der Waals surface area (Å²) >= 11 is 13.5. The first-order chi connectivity index (χ1) is 43.6. The Hall–Kier alpha value is -5.31. The monoisotopic (exact) mass is 1350 g/mol. The molecule has 30 heteroatoms. The second kappa shape index (κ2) is 27.4. The van der Waals surface area contributed by atoms with E-state index < -0.39 is 74.0 Å². The molecule has 3 aliphatic rings. The molecule has 1 aliphatic carbocycles. The second-order valence-electron chi connectivity index (χ2n) is 27.8. The van der Waals surface area contributed by atoms with Gasteiger partial charge in [0, 0.05) is 56.7 Å². The minimum Gasteiger partial charge on any atom is -0.313 e. The zero-order valence-electron chi connectivity index (χ0n) is 55.8. The topological polar surface area (TPSA) is 646 Å². The number of hydrazine groups is 1. The van der Waals surface area contributed by atoms with Crippen LogP contribution in [-0.4, -0.2) is 85.4 Å². The zero-order chi connectivity index (χ0) is 71.4. The van der Waals surface area contributed by atoms with Crippen LogP contribution in [0.5, 0.6) is 0 Å². The molecule has 0 bridgehead atoms. The van der Waals surface area contributed by atoms with Crippen molar-refractivity contribution in [3.8, 4) is 0 Å². The van der Waals surface area contributed by atoms with Gasteiger partial charge in [-0.05, 0) is 110 Å². The van der Waals surface area contributed by atoms with Gasteiger partial charge in [0.05, 0.1) is 23.0 Å². The van der Waals surface area contributed by atoms with E-state index in [1.54, 1.807) is 23.2 Å². The molecular weight excluding hydrogens is 1240 g/mol. The van der Waals surface area contributed by atoms with Crippen molar-refractivity contribution in [2.45, 2.75) is 191 Å². The maximum atomic E-state index is 7.08. The van der Waals surface area contributed by atoms with E-state index >= 15 is 0 Å². The summed E-state index contributed by atoms with van der Waals surface area (Å²) in [6.07, 6.45) is 20.5. The van der Waals surface area contributed by atoms with Crippen LogP contribution in [-0.2, 0) is 10.8 Å². The number of nitrogens with zero attached hydrogens (tertiary/aromatic N) is 3. The molecule has 0 aromatic heterocycles. The largest absolute Gasteiger partial charge is 0.313 e. The average molecular weight is 1360 g/mol. The molecule has 28 nitrogen and oxygen atoms in total. The van der Waals surface area contributed by atoms with Crippen LogP contribution in [0.2, 0.25) is 10.0 Å². The van der Waals surface area contributed by atoms with Crippen molar-refractivity contribution in [2.24, 2.45) is 138 Å². The molecule has 0 atom stereocenters. The Labute approximate surface area is 569 Å². The van der Waals surface area contributed by atoms with E-state index in [0.29, 0.717) is 34.3 Å². The van der Waals surface area contributed by atoms with Crippen molar-refractivity contribution >= 4 is 51.7 Å². The lowest BCUT2D eigenvalue weighted by molar-refractivity contribution is -0.438. The van der Waals surface area contributed by atoms with E-state index in [1.165, 1.54) is 62.6 Å². The number of benzene rings is 4. The summed E-state index contributed by atoms with van der Waals surface area (Å²) in [5.41, 5.74) is 139. The highest BCUT2D eigenvalue weighted by atomic mass is 35.5. The third kappa shape index (κ3) is 13.2. The van der Waals surface area contributed by atoms with E-state index in [0.717, 1.165) is 58.9 Å². The van der Waals surface area contributed by atoms with Crippen LogP contribution >= 0.6 is 23.2 Å². The molecule has 4 aromatic rings. The van der Waals surface area contributed by atoms with E-state index in [2.05, 4.69) is 90.3 Å². The van der Waals surface area contributed by atoms with Crippen LogP contribution in [0.4, 0.5) is 22.7 Å². The van der Waals surface area contributed by atoms with E-state index in [-0.39, 0.29) is 5.41 Å². The molecular formula is C65H111Cl2N28+. The normalized spacial score (nSPS) is 18.0. The van der Waals surface area contributed by atoms with Crippen LogP contribution in [0.3, 0.4) is 0 Å².